The van der Waals surface area contributed by atoms with Gasteiger partial charge in [0.2, 0.25) is 11.8 Å². The normalized spacial score (nSPS) is 17.6. The molecule has 48 heavy (non-hydrogen) atoms. The number of hydrogen-bond acceptors (Lipinski definition) is 8. The average Bonchev–Trinajstić information content (AvgIpc) is 3.36. The van der Waals surface area contributed by atoms with Gasteiger partial charge >= 0.3 is 0 Å². The number of nitrogens with one attached hydrogen (secondary N) is 3. The summed E-state index contributed by atoms with van der Waals surface area (Å²) in [6, 6.07) is 19.6. The van der Waals surface area contributed by atoms with Crippen LogP contribution < -0.4 is 20.7 Å². The first-order valence-electron chi connectivity index (χ1n) is 15.9. The summed E-state index contributed by atoms with van der Waals surface area (Å²) >= 11 is 2.82. The van der Waals surface area contributed by atoms with Crippen LogP contribution in [0.2, 0.25) is 0 Å². The van der Waals surface area contributed by atoms with Gasteiger partial charge in [-0.15, -0.1) is 11.8 Å². The first kappa shape index (κ1) is 37.1. The molecule has 1 fully saturated rings. The summed E-state index contributed by atoms with van der Waals surface area (Å²) in [6.07, 6.45) is 0.301. The van der Waals surface area contributed by atoms with Gasteiger partial charge < -0.3 is 30.7 Å². The summed E-state index contributed by atoms with van der Waals surface area (Å²) in [4.78, 5) is 55.5. The van der Waals surface area contributed by atoms with Crippen LogP contribution in [0, 0.1) is 0 Å². The van der Waals surface area contributed by atoms with Crippen LogP contribution in [-0.2, 0) is 25.6 Å². The molecule has 0 aromatic heterocycles. The minimum Gasteiger partial charge on any atom is -0.483 e. The Hall–Kier alpha value is -3.74. The zero-order chi connectivity index (χ0) is 35.1. The van der Waals surface area contributed by atoms with Gasteiger partial charge in [-0.25, -0.2) is 0 Å². The minimum absolute atomic E-state index is 0.146. The Kier molecular flexibility index (Phi) is 12.4. The van der Waals surface area contributed by atoms with Gasteiger partial charge in [0.25, 0.3) is 11.8 Å². The number of thioether (sulfide) groups is 2. The molecule has 0 radical (unpaired) electrons. The molecule has 4 rings (SSSR count). The highest BCUT2D eigenvalue weighted by Gasteiger charge is 2.50. The summed E-state index contributed by atoms with van der Waals surface area (Å²) in [7, 11) is 0. The lowest BCUT2D eigenvalue weighted by atomic mass is 9.96. The van der Waals surface area contributed by atoms with Crippen LogP contribution in [0.15, 0.2) is 72.8 Å². The van der Waals surface area contributed by atoms with Crippen LogP contribution >= 0.6 is 23.5 Å². The molecule has 4 atom stereocenters. The number of nitrogens with zero attached hydrogens (tertiary/aromatic N) is 1. The monoisotopic (exact) mass is 694 g/mol. The number of benzene rings is 3. The molecular formula is C36H46N4O6S2. The SMILES string of the molecule is CSC[C@H](NC(=O)COc1cccc2ccccc12)C(=O)N[C@@H](Cc1ccccc1)[C@H](O)C(=O)N1CSC(C)(C)[C@@H]1C(=O)NC(C)(C)C. The summed E-state index contributed by atoms with van der Waals surface area (Å²) in [6.45, 7) is 9.09. The van der Waals surface area contributed by atoms with Gasteiger partial charge in [0.05, 0.1) is 11.9 Å². The van der Waals surface area contributed by atoms with Gasteiger partial charge in [-0.05, 0) is 64.3 Å². The second kappa shape index (κ2) is 16.1. The van der Waals surface area contributed by atoms with Gasteiger partial charge in [0.1, 0.15) is 17.8 Å². The fraction of sp³-hybridized carbons (Fsp3) is 0.444. The van der Waals surface area contributed by atoms with Crippen LogP contribution in [0.3, 0.4) is 0 Å². The number of aliphatic hydroxyl groups excluding tert-OH is 1. The average molecular weight is 695 g/mol. The standard InChI is InChI=1S/C36H46N4O6S2/c1-35(2,3)39-33(44)31-36(4,5)48-22-40(31)34(45)30(42)26(19-23-13-8-7-9-14-23)38-32(43)27(21-47-6)37-29(41)20-46-28-18-12-16-24-15-10-11-17-25(24)28/h7-18,26-27,30-31,42H,19-22H2,1-6H3,(H,37,41)(H,38,43)(H,39,44)/t26-,27-,30-,31-/m0/s1. The lowest BCUT2D eigenvalue weighted by Crippen LogP contribution is -2.61. The molecule has 3 aromatic rings. The van der Waals surface area contributed by atoms with Crippen molar-refractivity contribution in [1.82, 2.24) is 20.9 Å². The third-order valence-corrected chi connectivity index (χ3v) is 9.97. The van der Waals surface area contributed by atoms with Crippen LogP contribution in [0.5, 0.6) is 5.75 Å². The van der Waals surface area contributed by atoms with Gasteiger partial charge in [-0.2, -0.15) is 11.8 Å². The molecular weight excluding hydrogens is 649 g/mol. The number of carbonyl (C=O) groups is 4. The van der Waals surface area contributed by atoms with Crippen LogP contribution in [0.1, 0.15) is 40.2 Å². The predicted molar refractivity (Wildman–Crippen MR) is 193 cm³/mol. The fourth-order valence-corrected chi connectivity index (χ4v) is 7.34. The number of aliphatic hydroxyl groups is 1. The Morgan fingerprint density at radius 2 is 1.67 bits per heavy atom. The van der Waals surface area contributed by atoms with E-state index in [-0.39, 0.29) is 30.6 Å². The number of rotatable bonds is 13. The van der Waals surface area contributed by atoms with Crippen LogP contribution in [-0.4, -0.2) is 92.6 Å². The van der Waals surface area contributed by atoms with E-state index in [0.29, 0.717) is 5.75 Å². The van der Waals surface area contributed by atoms with Gasteiger partial charge in [0, 0.05) is 21.4 Å². The lowest BCUT2D eigenvalue weighted by Gasteiger charge is -2.35. The van der Waals surface area contributed by atoms with E-state index in [2.05, 4.69) is 16.0 Å². The molecule has 0 spiro atoms. The third-order valence-electron chi connectivity index (χ3n) is 7.93. The maximum Gasteiger partial charge on any atom is 0.258 e. The quantitative estimate of drug-likeness (QED) is 0.213. The summed E-state index contributed by atoms with van der Waals surface area (Å²) in [5.41, 5.74) is 0.274. The van der Waals surface area contributed by atoms with Gasteiger partial charge in [-0.1, -0.05) is 66.7 Å². The van der Waals surface area contributed by atoms with E-state index in [9.17, 15) is 24.3 Å². The maximum atomic E-state index is 14.0. The molecule has 1 aliphatic heterocycles. The largest absolute Gasteiger partial charge is 0.483 e. The molecule has 1 heterocycles. The van der Waals surface area contributed by atoms with Crippen molar-refractivity contribution in [2.75, 3.05) is 24.5 Å². The first-order valence-corrected chi connectivity index (χ1v) is 18.3. The molecule has 4 N–H and O–H groups in total. The lowest BCUT2D eigenvalue weighted by molar-refractivity contribution is -0.148. The van der Waals surface area contributed by atoms with Crippen LogP contribution in [0.4, 0.5) is 0 Å². The van der Waals surface area contributed by atoms with Crippen molar-refractivity contribution in [1.29, 1.82) is 0 Å². The first-order chi connectivity index (χ1) is 22.7. The summed E-state index contributed by atoms with van der Waals surface area (Å²) in [5.74, 6) is -0.992. The van der Waals surface area contributed by atoms with Crippen LogP contribution in [0.25, 0.3) is 10.8 Å². The van der Waals surface area contributed by atoms with E-state index >= 15 is 0 Å². The second-order valence-corrected chi connectivity index (χ2v) is 15.9. The van der Waals surface area contributed by atoms with E-state index in [0.717, 1.165) is 16.3 Å². The number of carbonyl (C=O) groups excluding carboxylic acids is 4. The molecule has 4 amide bonds. The molecule has 12 heteroatoms. The Labute approximate surface area is 291 Å². The van der Waals surface area contributed by atoms with Crippen molar-refractivity contribution in [2.24, 2.45) is 0 Å². The van der Waals surface area contributed by atoms with Crippen molar-refractivity contribution < 1.29 is 29.0 Å². The van der Waals surface area contributed by atoms with Gasteiger partial charge in [0.15, 0.2) is 12.7 Å². The summed E-state index contributed by atoms with van der Waals surface area (Å²) < 4.78 is 5.22. The number of ether oxygens (including phenoxy) is 1. The minimum atomic E-state index is -1.66. The number of hydrogen-bond donors (Lipinski definition) is 4. The molecule has 1 aliphatic rings. The predicted octanol–water partition coefficient (Wildman–Crippen LogP) is 3.75. The Morgan fingerprint density at radius 1 is 1.00 bits per heavy atom. The molecule has 0 unspecified atom stereocenters. The number of fused-ring (bicyclic) bond motifs is 1. The van der Waals surface area contributed by atoms with E-state index in [1.54, 1.807) is 6.07 Å². The van der Waals surface area contributed by atoms with E-state index in [1.165, 1.54) is 28.4 Å². The molecule has 0 bridgehead atoms. The smallest absolute Gasteiger partial charge is 0.258 e. The zero-order valence-electron chi connectivity index (χ0n) is 28.3. The highest BCUT2D eigenvalue weighted by molar-refractivity contribution is 8.00. The van der Waals surface area contributed by atoms with Crippen molar-refractivity contribution in [2.45, 2.75) is 75.6 Å². The summed E-state index contributed by atoms with van der Waals surface area (Å²) in [5, 5.41) is 22.0. The molecule has 258 valence electrons. The molecule has 0 saturated carbocycles. The Balaban J connectivity index is 1.50. The zero-order valence-corrected chi connectivity index (χ0v) is 30.0. The van der Waals surface area contributed by atoms with Crippen molar-refractivity contribution in [3.63, 3.8) is 0 Å². The van der Waals surface area contributed by atoms with E-state index < -0.39 is 52.2 Å². The van der Waals surface area contributed by atoms with Crippen molar-refractivity contribution in [3.05, 3.63) is 78.4 Å². The molecule has 3 aromatic carbocycles. The highest BCUT2D eigenvalue weighted by Crippen LogP contribution is 2.40. The second-order valence-electron chi connectivity index (χ2n) is 13.4. The topological polar surface area (TPSA) is 137 Å². The maximum absolute atomic E-state index is 14.0. The molecule has 0 aliphatic carbocycles. The molecule has 10 nitrogen and oxygen atoms in total. The van der Waals surface area contributed by atoms with Gasteiger partial charge in [-0.3, -0.25) is 19.2 Å². The van der Waals surface area contributed by atoms with E-state index in [1.807, 2.05) is 108 Å². The van der Waals surface area contributed by atoms with Crippen molar-refractivity contribution in [3.8, 4) is 5.75 Å². The van der Waals surface area contributed by atoms with Crippen molar-refractivity contribution >= 4 is 57.9 Å². The molecule has 1 saturated heterocycles. The third kappa shape index (κ3) is 9.67. The highest BCUT2D eigenvalue weighted by atomic mass is 32.2. The Bertz CT molecular complexity index is 1590. The van der Waals surface area contributed by atoms with E-state index in [4.69, 9.17) is 4.74 Å². The number of amides is 4. The Morgan fingerprint density at radius 3 is 2.35 bits per heavy atom. The fourth-order valence-electron chi connectivity index (χ4n) is 5.64.